The zero-order chi connectivity index (χ0) is 14.5. The fourth-order valence-electron chi connectivity index (χ4n) is 2.46. The highest BCUT2D eigenvalue weighted by Crippen LogP contribution is 2.27. The average Bonchev–Trinajstić information content (AvgIpc) is 3.33. The van der Waals surface area contributed by atoms with Gasteiger partial charge in [0.2, 0.25) is 0 Å². The van der Waals surface area contributed by atoms with Crippen molar-refractivity contribution in [2.75, 3.05) is 5.75 Å². The maximum absolute atomic E-state index is 4.89. The van der Waals surface area contributed by atoms with Crippen LogP contribution in [0.1, 0.15) is 44.6 Å². The van der Waals surface area contributed by atoms with E-state index in [0.29, 0.717) is 0 Å². The van der Waals surface area contributed by atoms with Crippen molar-refractivity contribution in [2.24, 2.45) is 0 Å². The molecule has 1 aromatic carbocycles. The smallest absolute Gasteiger partial charge is 0.101 e. The van der Waals surface area contributed by atoms with Crippen molar-refractivity contribution in [3.05, 3.63) is 35.9 Å². The Morgan fingerprint density at radius 2 is 2.10 bits per heavy atom. The van der Waals surface area contributed by atoms with Gasteiger partial charge in [0.25, 0.3) is 0 Å². The number of thioether (sulfide) groups is 1. The van der Waals surface area contributed by atoms with E-state index >= 15 is 0 Å². The number of aromatic nitrogens is 1. The number of rotatable bonds is 8. The van der Waals surface area contributed by atoms with Crippen LogP contribution in [-0.2, 0) is 6.54 Å². The monoisotopic (exact) mass is 300 g/mol. The molecule has 2 aromatic rings. The molecule has 1 aromatic heterocycles. The van der Waals surface area contributed by atoms with Gasteiger partial charge in [-0.05, 0) is 42.7 Å². The number of nitrogens with one attached hydrogen (secondary N) is 1. The van der Waals surface area contributed by atoms with Crippen LogP contribution >= 0.6 is 11.8 Å². The van der Waals surface area contributed by atoms with Gasteiger partial charge in [-0.1, -0.05) is 38.0 Å². The Labute approximate surface area is 131 Å². The molecule has 1 aliphatic rings. The van der Waals surface area contributed by atoms with Crippen LogP contribution in [0.2, 0.25) is 0 Å². The van der Waals surface area contributed by atoms with Crippen molar-refractivity contribution < 1.29 is 0 Å². The van der Waals surface area contributed by atoms with Gasteiger partial charge in [0.15, 0.2) is 0 Å². The minimum Gasteiger partial charge on any atom is -0.310 e. The Morgan fingerprint density at radius 1 is 1.24 bits per heavy atom. The van der Waals surface area contributed by atoms with Gasteiger partial charge in [0.05, 0.1) is 5.52 Å². The summed E-state index contributed by atoms with van der Waals surface area (Å²) < 4.78 is 0. The molecular formula is C18H24N2S. The highest BCUT2D eigenvalue weighted by atomic mass is 32.2. The summed E-state index contributed by atoms with van der Waals surface area (Å²) in [5, 5.41) is 6.10. The van der Waals surface area contributed by atoms with E-state index in [2.05, 4.69) is 42.6 Å². The van der Waals surface area contributed by atoms with Gasteiger partial charge in [-0.2, -0.15) is 0 Å². The molecule has 1 aliphatic carbocycles. The summed E-state index contributed by atoms with van der Waals surface area (Å²) in [6.07, 6.45) is 6.54. The van der Waals surface area contributed by atoms with Crippen molar-refractivity contribution in [1.82, 2.24) is 10.3 Å². The molecule has 0 aliphatic heterocycles. The Balaban J connectivity index is 1.76. The summed E-state index contributed by atoms with van der Waals surface area (Å²) in [4.78, 5) is 4.89. The van der Waals surface area contributed by atoms with E-state index in [1.807, 2.05) is 11.8 Å². The van der Waals surface area contributed by atoms with Crippen LogP contribution < -0.4 is 5.32 Å². The number of benzene rings is 1. The highest BCUT2D eigenvalue weighted by Gasteiger charge is 2.20. The number of unbranched alkanes of at least 4 members (excludes halogenated alkanes) is 2. The fraction of sp³-hybridized carbons (Fsp3) is 0.500. The van der Waals surface area contributed by atoms with E-state index in [-0.39, 0.29) is 0 Å². The fourth-order valence-corrected chi connectivity index (χ4v) is 3.48. The first-order chi connectivity index (χ1) is 10.4. The number of nitrogens with zero attached hydrogens (tertiary/aromatic N) is 1. The second-order valence-electron chi connectivity index (χ2n) is 5.86. The number of pyridine rings is 1. The normalized spacial score (nSPS) is 14.7. The lowest BCUT2D eigenvalue weighted by Crippen LogP contribution is -2.16. The molecule has 0 spiro atoms. The molecule has 1 heterocycles. The quantitative estimate of drug-likeness (QED) is 0.561. The van der Waals surface area contributed by atoms with E-state index in [9.17, 15) is 0 Å². The Hall–Kier alpha value is -1.06. The molecule has 1 saturated carbocycles. The van der Waals surface area contributed by atoms with Gasteiger partial charge >= 0.3 is 0 Å². The molecule has 1 fully saturated rings. The minimum atomic E-state index is 0.745. The molecule has 3 rings (SSSR count). The zero-order valence-corrected chi connectivity index (χ0v) is 13.6. The number of fused-ring (bicyclic) bond motifs is 1. The molecule has 0 amide bonds. The first-order valence-corrected chi connectivity index (χ1v) is 9.10. The van der Waals surface area contributed by atoms with E-state index in [1.54, 1.807) is 0 Å². The van der Waals surface area contributed by atoms with Crippen molar-refractivity contribution in [3.8, 4) is 0 Å². The summed E-state index contributed by atoms with van der Waals surface area (Å²) in [6, 6.07) is 11.5. The molecule has 1 N–H and O–H groups in total. The Bertz CT molecular complexity index is 593. The molecule has 3 heteroatoms. The summed E-state index contributed by atoms with van der Waals surface area (Å²) >= 11 is 1.92. The second-order valence-corrected chi connectivity index (χ2v) is 6.94. The molecule has 0 unspecified atom stereocenters. The first kappa shape index (κ1) is 14.9. The van der Waals surface area contributed by atoms with Crippen LogP contribution in [-0.4, -0.2) is 16.8 Å². The summed E-state index contributed by atoms with van der Waals surface area (Å²) in [7, 11) is 0. The van der Waals surface area contributed by atoms with Crippen LogP contribution in [0.5, 0.6) is 0 Å². The molecular weight excluding hydrogens is 276 g/mol. The third-order valence-electron chi connectivity index (χ3n) is 3.91. The van der Waals surface area contributed by atoms with Crippen molar-refractivity contribution in [1.29, 1.82) is 0 Å². The van der Waals surface area contributed by atoms with Crippen LogP contribution in [0.4, 0.5) is 0 Å². The topological polar surface area (TPSA) is 24.9 Å². The number of para-hydroxylation sites is 1. The van der Waals surface area contributed by atoms with E-state index in [4.69, 9.17) is 4.98 Å². The average molecular weight is 300 g/mol. The Morgan fingerprint density at radius 3 is 2.90 bits per heavy atom. The van der Waals surface area contributed by atoms with Gasteiger partial charge in [-0.3, -0.25) is 0 Å². The largest absolute Gasteiger partial charge is 0.310 e. The first-order valence-electron chi connectivity index (χ1n) is 8.11. The van der Waals surface area contributed by atoms with Crippen molar-refractivity contribution in [3.63, 3.8) is 0 Å². The maximum Gasteiger partial charge on any atom is 0.101 e. The molecule has 0 radical (unpaired) electrons. The van der Waals surface area contributed by atoms with Crippen LogP contribution in [0.3, 0.4) is 0 Å². The van der Waals surface area contributed by atoms with E-state index < -0.39 is 0 Å². The van der Waals surface area contributed by atoms with Crippen LogP contribution in [0, 0.1) is 0 Å². The summed E-state index contributed by atoms with van der Waals surface area (Å²) in [6.45, 7) is 3.21. The lowest BCUT2D eigenvalue weighted by molar-refractivity contribution is 0.676. The van der Waals surface area contributed by atoms with Crippen molar-refractivity contribution in [2.45, 2.75) is 56.6 Å². The standard InChI is InChI=1S/C18H24N2S/c1-2-3-6-11-21-18-15(13-19-16-9-10-16)12-14-7-4-5-8-17(14)20-18/h4-5,7-8,12,16,19H,2-3,6,9-11,13H2,1H3. The molecule has 0 bridgehead atoms. The van der Waals surface area contributed by atoms with Crippen molar-refractivity contribution >= 4 is 22.7 Å². The third-order valence-corrected chi connectivity index (χ3v) is 5.03. The van der Waals surface area contributed by atoms with Gasteiger partial charge < -0.3 is 5.32 Å². The van der Waals surface area contributed by atoms with Crippen LogP contribution in [0.15, 0.2) is 35.4 Å². The maximum atomic E-state index is 4.89. The van der Waals surface area contributed by atoms with Gasteiger partial charge in [0, 0.05) is 18.0 Å². The van der Waals surface area contributed by atoms with E-state index in [0.717, 1.165) is 18.1 Å². The lowest BCUT2D eigenvalue weighted by Gasteiger charge is -2.11. The molecule has 21 heavy (non-hydrogen) atoms. The van der Waals surface area contributed by atoms with Gasteiger partial charge in [-0.25, -0.2) is 4.98 Å². The van der Waals surface area contributed by atoms with E-state index in [1.165, 1.54) is 53.8 Å². The van der Waals surface area contributed by atoms with Gasteiger partial charge in [-0.15, -0.1) is 11.8 Å². The minimum absolute atomic E-state index is 0.745. The number of hydrogen-bond donors (Lipinski definition) is 1. The lowest BCUT2D eigenvalue weighted by atomic mass is 10.1. The molecule has 0 atom stereocenters. The summed E-state index contributed by atoms with van der Waals surface area (Å²) in [5.41, 5.74) is 2.48. The molecule has 0 saturated heterocycles. The molecule has 112 valence electrons. The van der Waals surface area contributed by atoms with Gasteiger partial charge in [0.1, 0.15) is 5.03 Å². The molecule has 2 nitrogen and oxygen atoms in total. The number of hydrogen-bond acceptors (Lipinski definition) is 3. The SMILES string of the molecule is CCCCCSc1nc2ccccc2cc1CNC1CC1. The zero-order valence-electron chi connectivity index (χ0n) is 12.8. The third kappa shape index (κ3) is 4.21. The summed E-state index contributed by atoms with van der Waals surface area (Å²) in [5.74, 6) is 1.18. The predicted octanol–water partition coefficient (Wildman–Crippen LogP) is 4.77. The predicted molar refractivity (Wildman–Crippen MR) is 91.9 cm³/mol. The highest BCUT2D eigenvalue weighted by molar-refractivity contribution is 7.99. The Kier molecular flexibility index (Phi) is 5.15. The van der Waals surface area contributed by atoms with Crippen LogP contribution in [0.25, 0.3) is 10.9 Å². The second kappa shape index (κ2) is 7.28.